The Morgan fingerprint density at radius 3 is 2.50 bits per heavy atom. The highest BCUT2D eigenvalue weighted by Crippen LogP contribution is 2.36. The maximum absolute atomic E-state index is 5.58. The molecule has 24 heavy (non-hydrogen) atoms. The third kappa shape index (κ3) is 2.38. The monoisotopic (exact) mass is 324 g/mol. The van der Waals surface area contributed by atoms with Crippen LogP contribution in [0.15, 0.2) is 30.3 Å². The van der Waals surface area contributed by atoms with Crippen molar-refractivity contribution in [1.29, 1.82) is 0 Å². The van der Waals surface area contributed by atoms with Crippen LogP contribution in [0.5, 0.6) is 0 Å². The average Bonchev–Trinajstić information content (AvgIpc) is 3.16. The summed E-state index contributed by atoms with van der Waals surface area (Å²) >= 11 is 0. The van der Waals surface area contributed by atoms with Gasteiger partial charge < -0.3 is 9.30 Å². The first-order valence-electron chi connectivity index (χ1n) is 9.23. The van der Waals surface area contributed by atoms with Gasteiger partial charge in [-0.05, 0) is 25.7 Å². The second-order valence-corrected chi connectivity index (χ2v) is 7.30. The molecule has 5 heteroatoms. The number of aromatic nitrogens is 3. The summed E-state index contributed by atoms with van der Waals surface area (Å²) in [5, 5.41) is 9.07. The van der Waals surface area contributed by atoms with Crippen molar-refractivity contribution in [3.63, 3.8) is 0 Å². The van der Waals surface area contributed by atoms with Crippen molar-refractivity contribution >= 4 is 0 Å². The van der Waals surface area contributed by atoms with Crippen molar-refractivity contribution in [3.8, 4) is 11.4 Å². The molecule has 0 N–H and O–H groups in total. The van der Waals surface area contributed by atoms with E-state index in [0.29, 0.717) is 18.1 Å². The molecule has 0 saturated carbocycles. The molecule has 2 aromatic rings. The number of hydrogen-bond acceptors (Lipinski definition) is 4. The molecule has 0 spiro atoms. The van der Waals surface area contributed by atoms with Gasteiger partial charge in [-0.15, -0.1) is 10.2 Å². The minimum Gasteiger partial charge on any atom is -0.381 e. The van der Waals surface area contributed by atoms with Crippen LogP contribution >= 0.6 is 0 Å². The smallest absolute Gasteiger partial charge is 0.164 e. The van der Waals surface area contributed by atoms with E-state index in [0.717, 1.165) is 37.8 Å². The highest BCUT2D eigenvalue weighted by Gasteiger charge is 2.42. The Labute approximate surface area is 142 Å². The standard InChI is InChI=1S/C19H24N4O/c1-2-4-14(5-3-1)19-21-20-18-12-16-6-7-17(13-22(18)19)23(16)15-8-10-24-11-9-15/h1-5,15-17H,6-13H2/t16-,17+/m0/s1. The largest absolute Gasteiger partial charge is 0.381 e. The summed E-state index contributed by atoms with van der Waals surface area (Å²) in [6.07, 6.45) is 6.00. The van der Waals surface area contributed by atoms with Crippen LogP contribution in [0.2, 0.25) is 0 Å². The van der Waals surface area contributed by atoms with Gasteiger partial charge in [0, 0.05) is 49.9 Å². The molecule has 3 aliphatic heterocycles. The van der Waals surface area contributed by atoms with E-state index in [-0.39, 0.29) is 0 Å². The van der Waals surface area contributed by atoms with Crippen LogP contribution in [0, 0.1) is 0 Å². The molecule has 5 rings (SSSR count). The summed E-state index contributed by atoms with van der Waals surface area (Å²) < 4.78 is 7.96. The van der Waals surface area contributed by atoms with Crippen LogP contribution in [0.3, 0.4) is 0 Å². The van der Waals surface area contributed by atoms with Gasteiger partial charge in [-0.3, -0.25) is 4.90 Å². The number of hydrogen-bond donors (Lipinski definition) is 0. The molecule has 2 fully saturated rings. The molecule has 0 aliphatic carbocycles. The van der Waals surface area contributed by atoms with Crippen molar-refractivity contribution in [2.24, 2.45) is 0 Å². The second-order valence-electron chi connectivity index (χ2n) is 7.30. The minimum atomic E-state index is 0.623. The zero-order chi connectivity index (χ0) is 15.9. The van der Waals surface area contributed by atoms with Crippen molar-refractivity contribution in [2.75, 3.05) is 13.2 Å². The van der Waals surface area contributed by atoms with Gasteiger partial charge in [0.15, 0.2) is 5.82 Å². The fraction of sp³-hybridized carbons (Fsp3) is 0.579. The number of benzene rings is 1. The van der Waals surface area contributed by atoms with Gasteiger partial charge in [-0.1, -0.05) is 30.3 Å². The number of nitrogens with zero attached hydrogens (tertiary/aromatic N) is 4. The molecular weight excluding hydrogens is 300 g/mol. The van der Waals surface area contributed by atoms with Gasteiger partial charge >= 0.3 is 0 Å². The Balaban J connectivity index is 1.47. The Kier molecular flexibility index (Phi) is 3.64. The average molecular weight is 324 g/mol. The van der Waals surface area contributed by atoms with E-state index in [1.54, 1.807) is 0 Å². The first-order chi connectivity index (χ1) is 11.9. The van der Waals surface area contributed by atoms with Crippen LogP contribution in [0.1, 0.15) is 31.5 Å². The van der Waals surface area contributed by atoms with Crippen LogP contribution in [-0.2, 0) is 17.7 Å². The van der Waals surface area contributed by atoms with Crippen molar-refractivity contribution < 1.29 is 4.74 Å². The topological polar surface area (TPSA) is 43.2 Å². The molecule has 3 aliphatic rings. The Hall–Kier alpha value is -1.72. The predicted molar refractivity (Wildman–Crippen MR) is 91.7 cm³/mol. The number of fused-ring (bicyclic) bond motifs is 3. The zero-order valence-corrected chi connectivity index (χ0v) is 14.0. The molecule has 2 atom stereocenters. The molecule has 0 amide bonds. The van der Waals surface area contributed by atoms with Gasteiger partial charge in [-0.2, -0.15) is 0 Å². The Morgan fingerprint density at radius 1 is 0.875 bits per heavy atom. The van der Waals surface area contributed by atoms with Crippen molar-refractivity contribution in [1.82, 2.24) is 19.7 Å². The maximum Gasteiger partial charge on any atom is 0.164 e. The summed E-state index contributed by atoms with van der Waals surface area (Å²) in [6.45, 7) is 2.87. The molecule has 0 unspecified atom stereocenters. The van der Waals surface area contributed by atoms with Gasteiger partial charge in [0.2, 0.25) is 0 Å². The second kappa shape index (κ2) is 5.97. The van der Waals surface area contributed by atoms with E-state index < -0.39 is 0 Å². The van der Waals surface area contributed by atoms with E-state index in [2.05, 4.69) is 50.0 Å². The quantitative estimate of drug-likeness (QED) is 0.851. The van der Waals surface area contributed by atoms with Crippen LogP contribution in [0.25, 0.3) is 11.4 Å². The first-order valence-corrected chi connectivity index (χ1v) is 9.23. The molecule has 0 radical (unpaired) electrons. The fourth-order valence-electron chi connectivity index (χ4n) is 4.85. The molecule has 1 aromatic carbocycles. The normalized spacial score (nSPS) is 27.8. The molecule has 2 saturated heterocycles. The highest BCUT2D eigenvalue weighted by molar-refractivity contribution is 5.55. The molecule has 126 valence electrons. The van der Waals surface area contributed by atoms with Crippen LogP contribution < -0.4 is 0 Å². The van der Waals surface area contributed by atoms with Crippen molar-refractivity contribution in [3.05, 3.63) is 36.2 Å². The molecule has 5 nitrogen and oxygen atoms in total. The Bertz CT molecular complexity index is 707. The third-order valence-corrected chi connectivity index (χ3v) is 5.96. The van der Waals surface area contributed by atoms with E-state index in [1.807, 2.05) is 0 Å². The summed E-state index contributed by atoms with van der Waals surface area (Å²) in [7, 11) is 0. The summed E-state index contributed by atoms with van der Waals surface area (Å²) in [5.74, 6) is 2.20. The number of rotatable bonds is 2. The summed E-state index contributed by atoms with van der Waals surface area (Å²) in [6, 6.07) is 12.4. The van der Waals surface area contributed by atoms with E-state index in [4.69, 9.17) is 4.74 Å². The molecule has 1 aromatic heterocycles. The zero-order valence-electron chi connectivity index (χ0n) is 14.0. The van der Waals surface area contributed by atoms with E-state index in [9.17, 15) is 0 Å². The van der Waals surface area contributed by atoms with E-state index >= 15 is 0 Å². The van der Waals surface area contributed by atoms with Gasteiger partial charge in [0.25, 0.3) is 0 Å². The maximum atomic E-state index is 5.58. The summed E-state index contributed by atoms with van der Waals surface area (Å²) in [4.78, 5) is 2.81. The molecular formula is C19H24N4O. The summed E-state index contributed by atoms with van der Waals surface area (Å²) in [5.41, 5.74) is 1.17. The first kappa shape index (κ1) is 14.6. The third-order valence-electron chi connectivity index (χ3n) is 5.96. The van der Waals surface area contributed by atoms with Crippen LogP contribution in [-0.4, -0.2) is 51.0 Å². The Morgan fingerprint density at radius 2 is 1.67 bits per heavy atom. The van der Waals surface area contributed by atoms with Gasteiger partial charge in [0.1, 0.15) is 5.82 Å². The fourth-order valence-corrected chi connectivity index (χ4v) is 4.85. The minimum absolute atomic E-state index is 0.623. The van der Waals surface area contributed by atoms with E-state index in [1.165, 1.54) is 31.2 Å². The molecule has 4 heterocycles. The lowest BCUT2D eigenvalue weighted by molar-refractivity contribution is 0.0138. The SMILES string of the molecule is c1ccc(-c2nnc3n2C[C@H]2CC[C@@H](C3)N2C2CCOCC2)cc1. The van der Waals surface area contributed by atoms with Crippen LogP contribution in [0.4, 0.5) is 0 Å². The van der Waals surface area contributed by atoms with Gasteiger partial charge in [0.05, 0.1) is 0 Å². The lowest BCUT2D eigenvalue weighted by atomic mass is 10.0. The van der Waals surface area contributed by atoms with Crippen molar-refractivity contribution in [2.45, 2.75) is 56.8 Å². The molecule has 2 bridgehead atoms. The number of ether oxygens (including phenoxy) is 1. The van der Waals surface area contributed by atoms with Gasteiger partial charge in [-0.25, -0.2) is 0 Å². The lowest BCUT2D eigenvalue weighted by Crippen LogP contribution is -2.47. The lowest BCUT2D eigenvalue weighted by Gasteiger charge is -2.38. The predicted octanol–water partition coefficient (Wildman–Crippen LogP) is 2.51. The highest BCUT2D eigenvalue weighted by atomic mass is 16.5.